The van der Waals surface area contributed by atoms with Crippen molar-refractivity contribution in [3.8, 4) is 0 Å². The second-order valence-corrected chi connectivity index (χ2v) is 8.04. The van der Waals surface area contributed by atoms with E-state index in [0.717, 1.165) is 24.0 Å². The first-order valence-corrected chi connectivity index (χ1v) is 9.38. The Bertz CT molecular complexity index is 381. The molecule has 1 heterocycles. The Labute approximate surface area is 125 Å². The van der Waals surface area contributed by atoms with Crippen molar-refractivity contribution in [2.75, 3.05) is 0 Å². The van der Waals surface area contributed by atoms with Gasteiger partial charge in [-0.1, -0.05) is 33.6 Å². The third-order valence-corrected chi connectivity index (χ3v) is 6.24. The van der Waals surface area contributed by atoms with Crippen LogP contribution in [0.25, 0.3) is 0 Å². The number of nitrogens with one attached hydrogen (secondary N) is 1. The molecule has 108 valence electrons. The van der Waals surface area contributed by atoms with E-state index in [-0.39, 0.29) is 0 Å². The minimum atomic E-state index is 0.545. The number of aromatic nitrogens is 1. The number of thiazole rings is 1. The van der Waals surface area contributed by atoms with E-state index >= 15 is 0 Å². The Morgan fingerprint density at radius 3 is 2.74 bits per heavy atom. The molecular formula is C15H26N2S2. The van der Waals surface area contributed by atoms with Gasteiger partial charge in [-0.3, -0.25) is 0 Å². The first-order valence-electron chi connectivity index (χ1n) is 7.51. The SMILES string of the molecule is CCc1nc(CSC2CCCC2)sc1CNC(C)C. The van der Waals surface area contributed by atoms with Gasteiger partial charge in [-0.25, -0.2) is 4.98 Å². The van der Waals surface area contributed by atoms with Crippen molar-refractivity contribution in [2.45, 2.75) is 76.5 Å². The monoisotopic (exact) mass is 298 g/mol. The lowest BCUT2D eigenvalue weighted by Crippen LogP contribution is -2.21. The van der Waals surface area contributed by atoms with E-state index in [2.05, 4.69) is 37.8 Å². The lowest BCUT2D eigenvalue weighted by atomic mass is 10.3. The van der Waals surface area contributed by atoms with Gasteiger partial charge in [-0.2, -0.15) is 11.8 Å². The summed E-state index contributed by atoms with van der Waals surface area (Å²) in [6.45, 7) is 7.58. The van der Waals surface area contributed by atoms with Crippen molar-refractivity contribution in [2.24, 2.45) is 0 Å². The topological polar surface area (TPSA) is 24.9 Å². The van der Waals surface area contributed by atoms with Crippen LogP contribution < -0.4 is 5.32 Å². The van der Waals surface area contributed by atoms with E-state index in [4.69, 9.17) is 4.98 Å². The molecule has 1 aliphatic carbocycles. The summed E-state index contributed by atoms with van der Waals surface area (Å²) < 4.78 is 0. The van der Waals surface area contributed by atoms with Crippen molar-refractivity contribution in [3.05, 3.63) is 15.6 Å². The Hall–Kier alpha value is -0.0600. The number of thioether (sulfide) groups is 1. The highest BCUT2D eigenvalue weighted by molar-refractivity contribution is 7.99. The molecule has 4 heteroatoms. The number of hydrogen-bond acceptors (Lipinski definition) is 4. The highest BCUT2D eigenvalue weighted by Gasteiger charge is 2.17. The summed E-state index contributed by atoms with van der Waals surface area (Å²) in [6.07, 6.45) is 6.75. The molecule has 1 aromatic rings. The average Bonchev–Trinajstić information content (AvgIpc) is 3.03. The molecule has 0 atom stereocenters. The van der Waals surface area contributed by atoms with Gasteiger partial charge in [0.15, 0.2) is 0 Å². The summed E-state index contributed by atoms with van der Waals surface area (Å²) in [5, 5.41) is 5.73. The standard InChI is InChI=1S/C15H26N2S2/c1-4-13-14(9-16-11(2)3)19-15(17-13)10-18-12-7-5-6-8-12/h11-12,16H,4-10H2,1-3H3. The van der Waals surface area contributed by atoms with Gasteiger partial charge in [0.1, 0.15) is 5.01 Å². The van der Waals surface area contributed by atoms with Gasteiger partial charge in [0.05, 0.1) is 5.69 Å². The quantitative estimate of drug-likeness (QED) is 0.808. The molecule has 1 N–H and O–H groups in total. The molecule has 0 radical (unpaired) electrons. The maximum absolute atomic E-state index is 4.83. The third-order valence-electron chi connectivity index (χ3n) is 3.57. The average molecular weight is 299 g/mol. The molecule has 1 aromatic heterocycles. The molecule has 0 spiro atoms. The van der Waals surface area contributed by atoms with Gasteiger partial charge < -0.3 is 5.32 Å². The maximum atomic E-state index is 4.83. The van der Waals surface area contributed by atoms with Gasteiger partial charge in [-0.05, 0) is 19.3 Å². The van der Waals surface area contributed by atoms with Crippen molar-refractivity contribution in [3.63, 3.8) is 0 Å². The van der Waals surface area contributed by atoms with Crippen molar-refractivity contribution < 1.29 is 0 Å². The fourth-order valence-corrected chi connectivity index (χ4v) is 4.91. The Morgan fingerprint density at radius 1 is 1.37 bits per heavy atom. The van der Waals surface area contributed by atoms with Gasteiger partial charge in [-0.15, -0.1) is 11.3 Å². The number of rotatable bonds is 7. The molecule has 2 nitrogen and oxygen atoms in total. The Balaban J connectivity index is 1.89. The molecule has 0 unspecified atom stereocenters. The molecule has 0 saturated heterocycles. The zero-order valence-corrected chi connectivity index (χ0v) is 14.0. The zero-order chi connectivity index (χ0) is 13.7. The molecule has 1 saturated carbocycles. The molecule has 1 aliphatic rings. The normalized spacial score (nSPS) is 16.6. The highest BCUT2D eigenvalue weighted by atomic mass is 32.2. The van der Waals surface area contributed by atoms with E-state index in [9.17, 15) is 0 Å². The van der Waals surface area contributed by atoms with Crippen LogP contribution in [0.5, 0.6) is 0 Å². The molecule has 2 rings (SSSR count). The van der Waals surface area contributed by atoms with Crippen LogP contribution in [0.3, 0.4) is 0 Å². The minimum Gasteiger partial charge on any atom is -0.310 e. The second kappa shape index (κ2) is 7.65. The van der Waals surface area contributed by atoms with Crippen LogP contribution in [-0.2, 0) is 18.7 Å². The molecular weight excluding hydrogens is 272 g/mol. The van der Waals surface area contributed by atoms with Crippen molar-refractivity contribution in [1.29, 1.82) is 0 Å². The largest absolute Gasteiger partial charge is 0.310 e. The van der Waals surface area contributed by atoms with Crippen LogP contribution in [0.4, 0.5) is 0 Å². The van der Waals surface area contributed by atoms with Gasteiger partial charge in [0.2, 0.25) is 0 Å². The Kier molecular flexibility index (Phi) is 6.17. The first-order chi connectivity index (χ1) is 9.19. The highest BCUT2D eigenvalue weighted by Crippen LogP contribution is 2.33. The summed E-state index contributed by atoms with van der Waals surface area (Å²) in [6, 6.07) is 0.545. The Morgan fingerprint density at radius 2 is 2.11 bits per heavy atom. The van der Waals surface area contributed by atoms with Crippen LogP contribution in [0.1, 0.15) is 62.0 Å². The van der Waals surface area contributed by atoms with E-state index in [1.54, 1.807) is 0 Å². The van der Waals surface area contributed by atoms with Gasteiger partial charge >= 0.3 is 0 Å². The molecule has 19 heavy (non-hydrogen) atoms. The summed E-state index contributed by atoms with van der Waals surface area (Å²) in [5.74, 6) is 1.12. The van der Waals surface area contributed by atoms with E-state index < -0.39 is 0 Å². The number of aryl methyl sites for hydroxylation is 1. The van der Waals surface area contributed by atoms with Crippen LogP contribution in [0.15, 0.2) is 0 Å². The summed E-state index contributed by atoms with van der Waals surface area (Å²) in [7, 11) is 0. The predicted molar refractivity (Wildman–Crippen MR) is 87.0 cm³/mol. The predicted octanol–water partition coefficient (Wildman–Crippen LogP) is 4.38. The van der Waals surface area contributed by atoms with Crippen LogP contribution >= 0.6 is 23.1 Å². The zero-order valence-electron chi connectivity index (χ0n) is 12.4. The van der Waals surface area contributed by atoms with Crippen molar-refractivity contribution >= 4 is 23.1 Å². The number of hydrogen-bond donors (Lipinski definition) is 1. The summed E-state index contributed by atoms with van der Waals surface area (Å²) >= 11 is 4.04. The van der Waals surface area contributed by atoms with Gasteiger partial charge in [0.25, 0.3) is 0 Å². The molecule has 1 fully saturated rings. The first kappa shape index (κ1) is 15.3. The summed E-state index contributed by atoms with van der Waals surface area (Å²) in [5.41, 5.74) is 1.31. The second-order valence-electron chi connectivity index (χ2n) is 5.58. The van der Waals surface area contributed by atoms with E-state index in [0.29, 0.717) is 6.04 Å². The third kappa shape index (κ3) is 4.76. The molecule has 0 aliphatic heterocycles. The number of nitrogens with zero attached hydrogens (tertiary/aromatic N) is 1. The molecule has 0 bridgehead atoms. The molecule has 0 amide bonds. The van der Waals surface area contributed by atoms with Crippen LogP contribution in [-0.4, -0.2) is 16.3 Å². The minimum absolute atomic E-state index is 0.545. The fourth-order valence-electron chi connectivity index (χ4n) is 2.45. The lowest BCUT2D eigenvalue weighted by molar-refractivity contribution is 0.590. The smallest absolute Gasteiger partial charge is 0.103 e. The van der Waals surface area contributed by atoms with Crippen LogP contribution in [0.2, 0.25) is 0 Å². The van der Waals surface area contributed by atoms with Crippen LogP contribution in [0, 0.1) is 0 Å². The van der Waals surface area contributed by atoms with Crippen molar-refractivity contribution in [1.82, 2.24) is 10.3 Å². The molecule has 0 aromatic carbocycles. The maximum Gasteiger partial charge on any atom is 0.103 e. The fraction of sp³-hybridized carbons (Fsp3) is 0.800. The van der Waals surface area contributed by atoms with Gasteiger partial charge in [0, 0.05) is 28.5 Å². The van der Waals surface area contributed by atoms with E-state index in [1.807, 2.05) is 11.3 Å². The lowest BCUT2D eigenvalue weighted by Gasteiger charge is -2.06. The van der Waals surface area contributed by atoms with E-state index in [1.165, 1.54) is 41.3 Å². The summed E-state index contributed by atoms with van der Waals surface area (Å²) in [4.78, 5) is 6.27.